The van der Waals surface area contributed by atoms with Crippen LogP contribution in [0, 0.1) is 6.92 Å². The predicted molar refractivity (Wildman–Crippen MR) is 80.3 cm³/mol. The minimum Gasteiger partial charge on any atom is -0.480 e. The van der Waals surface area contributed by atoms with Gasteiger partial charge in [0, 0.05) is 22.7 Å². The highest BCUT2D eigenvalue weighted by atomic mass is 16.4. The standard InChI is InChI=1S/C16H18N2O3/c1-10(2)18(9-15(19)20)16(21)13-6-7-14-12(8-13)5-4-11(3)17-14/h4-8,10H,9H2,1-3H3,(H,19,20). The number of hydrogen-bond acceptors (Lipinski definition) is 3. The fourth-order valence-corrected chi connectivity index (χ4v) is 2.16. The van der Waals surface area contributed by atoms with Gasteiger partial charge in [-0.1, -0.05) is 6.07 Å². The molecule has 0 aliphatic carbocycles. The van der Waals surface area contributed by atoms with E-state index >= 15 is 0 Å². The molecule has 0 saturated heterocycles. The van der Waals surface area contributed by atoms with E-state index in [-0.39, 0.29) is 18.5 Å². The lowest BCUT2D eigenvalue weighted by atomic mass is 10.1. The van der Waals surface area contributed by atoms with Gasteiger partial charge in [-0.25, -0.2) is 0 Å². The van der Waals surface area contributed by atoms with Gasteiger partial charge in [0.25, 0.3) is 5.91 Å². The van der Waals surface area contributed by atoms with Gasteiger partial charge < -0.3 is 10.0 Å². The number of nitrogens with zero attached hydrogens (tertiary/aromatic N) is 2. The Morgan fingerprint density at radius 2 is 1.95 bits per heavy atom. The highest BCUT2D eigenvalue weighted by Crippen LogP contribution is 2.17. The third kappa shape index (κ3) is 3.37. The molecule has 1 amide bonds. The number of pyridine rings is 1. The quantitative estimate of drug-likeness (QED) is 0.937. The van der Waals surface area contributed by atoms with E-state index < -0.39 is 5.97 Å². The minimum absolute atomic E-state index is 0.180. The first kappa shape index (κ1) is 15.0. The molecule has 2 aromatic rings. The van der Waals surface area contributed by atoms with E-state index in [1.807, 2.05) is 19.1 Å². The molecule has 0 fully saturated rings. The maximum atomic E-state index is 12.5. The van der Waals surface area contributed by atoms with Gasteiger partial charge in [-0.15, -0.1) is 0 Å². The molecule has 21 heavy (non-hydrogen) atoms. The lowest BCUT2D eigenvalue weighted by Gasteiger charge is -2.25. The number of amides is 1. The Morgan fingerprint density at radius 1 is 1.24 bits per heavy atom. The summed E-state index contributed by atoms with van der Waals surface area (Å²) in [6.45, 7) is 5.20. The second kappa shape index (κ2) is 5.91. The summed E-state index contributed by atoms with van der Waals surface area (Å²) in [5.74, 6) is -1.30. The lowest BCUT2D eigenvalue weighted by Crippen LogP contribution is -2.40. The maximum absolute atomic E-state index is 12.5. The maximum Gasteiger partial charge on any atom is 0.323 e. The number of aliphatic carboxylic acids is 1. The molecule has 0 saturated carbocycles. The van der Waals surface area contributed by atoms with Crippen molar-refractivity contribution < 1.29 is 14.7 Å². The van der Waals surface area contributed by atoms with Crippen LogP contribution in [0.4, 0.5) is 0 Å². The van der Waals surface area contributed by atoms with Gasteiger partial charge in [0.15, 0.2) is 0 Å². The fourth-order valence-electron chi connectivity index (χ4n) is 2.16. The van der Waals surface area contributed by atoms with E-state index in [4.69, 9.17) is 5.11 Å². The summed E-state index contributed by atoms with van der Waals surface area (Å²) in [6, 6.07) is 8.84. The summed E-state index contributed by atoms with van der Waals surface area (Å²) in [5, 5.41) is 9.79. The molecule has 1 N–H and O–H groups in total. The van der Waals surface area contributed by atoms with Gasteiger partial charge in [-0.05, 0) is 45.0 Å². The molecule has 0 aliphatic rings. The predicted octanol–water partition coefficient (Wildman–Crippen LogP) is 2.48. The zero-order valence-corrected chi connectivity index (χ0v) is 12.3. The van der Waals surface area contributed by atoms with Crippen LogP contribution in [0.3, 0.4) is 0 Å². The van der Waals surface area contributed by atoms with E-state index in [1.54, 1.807) is 32.0 Å². The number of carbonyl (C=O) groups is 2. The van der Waals surface area contributed by atoms with Gasteiger partial charge in [-0.3, -0.25) is 14.6 Å². The first-order valence-electron chi connectivity index (χ1n) is 6.78. The first-order chi connectivity index (χ1) is 9.88. The summed E-state index contributed by atoms with van der Waals surface area (Å²) in [7, 11) is 0. The first-order valence-corrected chi connectivity index (χ1v) is 6.78. The summed E-state index contributed by atoms with van der Waals surface area (Å²) in [5.41, 5.74) is 2.21. The van der Waals surface area contributed by atoms with Crippen LogP contribution in [0.25, 0.3) is 10.9 Å². The molecule has 0 radical (unpaired) electrons. The number of hydrogen-bond donors (Lipinski definition) is 1. The number of aromatic nitrogens is 1. The van der Waals surface area contributed by atoms with Crippen molar-refractivity contribution in [2.75, 3.05) is 6.54 Å². The largest absolute Gasteiger partial charge is 0.480 e. The monoisotopic (exact) mass is 286 g/mol. The van der Waals surface area contributed by atoms with Crippen molar-refractivity contribution in [3.63, 3.8) is 0 Å². The fraction of sp³-hybridized carbons (Fsp3) is 0.312. The van der Waals surface area contributed by atoms with Crippen molar-refractivity contribution in [3.05, 3.63) is 41.6 Å². The summed E-state index contributed by atoms with van der Waals surface area (Å²) >= 11 is 0. The number of aryl methyl sites for hydroxylation is 1. The van der Waals surface area contributed by atoms with Crippen LogP contribution in [-0.4, -0.2) is 39.5 Å². The molecule has 0 spiro atoms. The van der Waals surface area contributed by atoms with E-state index in [2.05, 4.69) is 4.98 Å². The average Bonchev–Trinajstić information content (AvgIpc) is 2.43. The van der Waals surface area contributed by atoms with Crippen LogP contribution in [-0.2, 0) is 4.79 Å². The molecule has 1 aromatic heterocycles. The highest BCUT2D eigenvalue weighted by molar-refractivity contribution is 5.99. The minimum atomic E-state index is -1.02. The van der Waals surface area contributed by atoms with E-state index in [9.17, 15) is 9.59 Å². The molecular weight excluding hydrogens is 268 g/mol. The highest BCUT2D eigenvalue weighted by Gasteiger charge is 2.21. The Balaban J connectivity index is 2.37. The Hall–Kier alpha value is -2.43. The van der Waals surface area contributed by atoms with Crippen LogP contribution >= 0.6 is 0 Å². The zero-order valence-electron chi connectivity index (χ0n) is 12.3. The third-order valence-corrected chi connectivity index (χ3v) is 3.27. The Kier molecular flexibility index (Phi) is 4.21. The summed E-state index contributed by atoms with van der Waals surface area (Å²) in [4.78, 5) is 29.1. The summed E-state index contributed by atoms with van der Waals surface area (Å²) < 4.78 is 0. The van der Waals surface area contributed by atoms with Gasteiger partial charge in [-0.2, -0.15) is 0 Å². The summed E-state index contributed by atoms with van der Waals surface area (Å²) in [6.07, 6.45) is 0. The molecule has 1 aromatic carbocycles. The number of fused-ring (bicyclic) bond motifs is 1. The van der Waals surface area contributed by atoms with Crippen molar-refractivity contribution in [3.8, 4) is 0 Å². The van der Waals surface area contributed by atoms with E-state index in [0.29, 0.717) is 5.56 Å². The van der Waals surface area contributed by atoms with Crippen LogP contribution in [0.5, 0.6) is 0 Å². The van der Waals surface area contributed by atoms with E-state index in [0.717, 1.165) is 16.6 Å². The zero-order chi connectivity index (χ0) is 15.6. The average molecular weight is 286 g/mol. The molecule has 0 aliphatic heterocycles. The smallest absolute Gasteiger partial charge is 0.323 e. The van der Waals surface area contributed by atoms with Crippen LogP contribution in [0.15, 0.2) is 30.3 Å². The van der Waals surface area contributed by atoms with Crippen molar-refractivity contribution in [1.82, 2.24) is 9.88 Å². The van der Waals surface area contributed by atoms with Gasteiger partial charge in [0.05, 0.1) is 5.52 Å². The molecule has 110 valence electrons. The van der Waals surface area contributed by atoms with Gasteiger partial charge in [0.2, 0.25) is 0 Å². The van der Waals surface area contributed by atoms with Crippen LogP contribution in [0.2, 0.25) is 0 Å². The van der Waals surface area contributed by atoms with E-state index in [1.165, 1.54) is 4.90 Å². The molecule has 5 nitrogen and oxygen atoms in total. The third-order valence-electron chi connectivity index (χ3n) is 3.27. The van der Waals surface area contributed by atoms with Crippen LogP contribution in [0.1, 0.15) is 29.9 Å². The SMILES string of the molecule is Cc1ccc2cc(C(=O)N(CC(=O)O)C(C)C)ccc2n1. The Morgan fingerprint density at radius 3 is 2.57 bits per heavy atom. The topological polar surface area (TPSA) is 70.5 Å². The van der Waals surface area contributed by atoms with Crippen molar-refractivity contribution in [2.45, 2.75) is 26.8 Å². The normalized spacial score (nSPS) is 10.9. The molecule has 2 rings (SSSR count). The van der Waals surface area contributed by atoms with Crippen molar-refractivity contribution in [2.24, 2.45) is 0 Å². The number of carbonyl (C=O) groups excluding carboxylic acids is 1. The molecule has 1 heterocycles. The number of benzene rings is 1. The van der Waals surface area contributed by atoms with Gasteiger partial charge >= 0.3 is 5.97 Å². The second-order valence-corrected chi connectivity index (χ2v) is 5.28. The molecule has 0 unspecified atom stereocenters. The number of carboxylic acids is 1. The second-order valence-electron chi connectivity index (χ2n) is 5.28. The molecule has 0 bridgehead atoms. The number of carboxylic acid groups (broad SMARTS) is 1. The van der Waals surface area contributed by atoms with Crippen molar-refractivity contribution in [1.29, 1.82) is 0 Å². The number of rotatable bonds is 4. The van der Waals surface area contributed by atoms with Crippen LogP contribution < -0.4 is 0 Å². The van der Waals surface area contributed by atoms with Gasteiger partial charge in [0.1, 0.15) is 6.54 Å². The molecule has 5 heteroatoms. The Bertz CT molecular complexity index is 695. The Labute approximate surface area is 123 Å². The lowest BCUT2D eigenvalue weighted by molar-refractivity contribution is -0.138. The molecular formula is C16H18N2O3. The molecule has 0 atom stereocenters. The van der Waals surface area contributed by atoms with Crippen molar-refractivity contribution >= 4 is 22.8 Å².